The number of benzene rings is 1. The predicted molar refractivity (Wildman–Crippen MR) is 86.2 cm³/mol. The van der Waals surface area contributed by atoms with Crippen molar-refractivity contribution in [3.63, 3.8) is 0 Å². The fourth-order valence-electron chi connectivity index (χ4n) is 2.21. The number of nitrogens with zero attached hydrogens (tertiary/aromatic N) is 1. The largest absolute Gasteiger partial charge is 0.322 e. The number of amides is 1. The van der Waals surface area contributed by atoms with Crippen molar-refractivity contribution in [2.45, 2.75) is 12.5 Å². The van der Waals surface area contributed by atoms with Crippen LogP contribution in [0.1, 0.15) is 6.42 Å². The second-order valence-corrected chi connectivity index (χ2v) is 5.47. The SMILES string of the molecule is CNC1CCN(CC(=O)Nc2c(Cl)cccc2Cl)C1.Cl. The number of hydrogen-bond acceptors (Lipinski definition) is 3. The molecule has 0 spiro atoms. The molecule has 2 rings (SSSR count). The Kier molecular flexibility index (Phi) is 7.06. The van der Waals surface area contributed by atoms with Gasteiger partial charge in [-0.15, -0.1) is 12.4 Å². The highest BCUT2D eigenvalue weighted by atomic mass is 35.5. The molecule has 0 aliphatic carbocycles. The minimum absolute atomic E-state index is 0. The first kappa shape index (κ1) is 17.5. The van der Waals surface area contributed by atoms with E-state index < -0.39 is 0 Å². The van der Waals surface area contributed by atoms with Crippen LogP contribution in [0.4, 0.5) is 5.69 Å². The molecule has 1 heterocycles. The van der Waals surface area contributed by atoms with E-state index in [0.717, 1.165) is 19.5 Å². The van der Waals surface area contributed by atoms with Crippen molar-refractivity contribution in [2.24, 2.45) is 0 Å². The lowest BCUT2D eigenvalue weighted by Crippen LogP contribution is -2.34. The molecule has 20 heavy (non-hydrogen) atoms. The van der Waals surface area contributed by atoms with Crippen LogP contribution in [-0.2, 0) is 4.79 Å². The van der Waals surface area contributed by atoms with Gasteiger partial charge in [-0.1, -0.05) is 29.3 Å². The molecule has 1 aromatic rings. The molecule has 1 aromatic carbocycles. The summed E-state index contributed by atoms with van der Waals surface area (Å²) in [6.07, 6.45) is 1.07. The minimum Gasteiger partial charge on any atom is -0.322 e. The number of anilines is 1. The van der Waals surface area contributed by atoms with Crippen LogP contribution >= 0.6 is 35.6 Å². The van der Waals surface area contributed by atoms with Crippen LogP contribution in [0.5, 0.6) is 0 Å². The quantitative estimate of drug-likeness (QED) is 0.887. The lowest BCUT2D eigenvalue weighted by atomic mass is 10.3. The van der Waals surface area contributed by atoms with Crippen molar-refractivity contribution < 1.29 is 4.79 Å². The first-order valence-corrected chi connectivity index (χ1v) is 6.99. The zero-order valence-corrected chi connectivity index (χ0v) is 13.5. The fourth-order valence-corrected chi connectivity index (χ4v) is 2.70. The Morgan fingerprint density at radius 2 is 2.05 bits per heavy atom. The molecule has 1 aliphatic heterocycles. The van der Waals surface area contributed by atoms with Crippen molar-refractivity contribution >= 4 is 47.2 Å². The minimum atomic E-state index is -0.0910. The maximum absolute atomic E-state index is 12.0. The van der Waals surface area contributed by atoms with Gasteiger partial charge in [0, 0.05) is 19.1 Å². The monoisotopic (exact) mass is 337 g/mol. The molecule has 1 atom stereocenters. The van der Waals surface area contributed by atoms with E-state index in [-0.39, 0.29) is 18.3 Å². The summed E-state index contributed by atoms with van der Waals surface area (Å²) in [5.41, 5.74) is 0.486. The van der Waals surface area contributed by atoms with Gasteiger partial charge in [-0.3, -0.25) is 9.69 Å². The van der Waals surface area contributed by atoms with Gasteiger partial charge in [-0.2, -0.15) is 0 Å². The zero-order valence-electron chi connectivity index (χ0n) is 11.2. The summed E-state index contributed by atoms with van der Waals surface area (Å²) in [5.74, 6) is -0.0910. The number of hydrogen-bond donors (Lipinski definition) is 2. The summed E-state index contributed by atoms with van der Waals surface area (Å²) in [6, 6.07) is 5.63. The molecular formula is C13H18Cl3N3O. The molecule has 7 heteroatoms. The highest BCUT2D eigenvalue weighted by Crippen LogP contribution is 2.29. The van der Waals surface area contributed by atoms with Crippen LogP contribution in [0.2, 0.25) is 10.0 Å². The van der Waals surface area contributed by atoms with Gasteiger partial charge in [0.15, 0.2) is 0 Å². The van der Waals surface area contributed by atoms with Crippen molar-refractivity contribution in [3.05, 3.63) is 28.2 Å². The summed E-state index contributed by atoms with van der Waals surface area (Å²) in [5, 5.41) is 6.90. The molecule has 1 fully saturated rings. The van der Waals surface area contributed by atoms with Crippen molar-refractivity contribution in [1.29, 1.82) is 0 Å². The second kappa shape index (κ2) is 8.05. The lowest BCUT2D eigenvalue weighted by molar-refractivity contribution is -0.117. The molecule has 4 nitrogen and oxygen atoms in total. The molecule has 0 bridgehead atoms. The highest BCUT2D eigenvalue weighted by Gasteiger charge is 2.23. The van der Waals surface area contributed by atoms with Crippen LogP contribution < -0.4 is 10.6 Å². The van der Waals surface area contributed by atoms with Crippen LogP contribution in [-0.4, -0.2) is 43.5 Å². The van der Waals surface area contributed by atoms with Gasteiger partial charge >= 0.3 is 0 Å². The summed E-state index contributed by atoms with van der Waals surface area (Å²) < 4.78 is 0. The highest BCUT2D eigenvalue weighted by molar-refractivity contribution is 6.39. The third kappa shape index (κ3) is 4.50. The van der Waals surface area contributed by atoms with E-state index in [1.165, 1.54) is 0 Å². The van der Waals surface area contributed by atoms with Crippen molar-refractivity contribution in [3.8, 4) is 0 Å². The number of rotatable bonds is 4. The molecule has 0 aromatic heterocycles. The number of carbonyl (C=O) groups is 1. The second-order valence-electron chi connectivity index (χ2n) is 4.65. The Morgan fingerprint density at radius 1 is 1.40 bits per heavy atom. The number of carbonyl (C=O) groups excluding carboxylic acids is 1. The van der Waals surface area contributed by atoms with E-state index in [1.807, 2.05) is 7.05 Å². The maximum Gasteiger partial charge on any atom is 0.238 e. The average molecular weight is 339 g/mol. The van der Waals surface area contributed by atoms with E-state index in [0.29, 0.717) is 28.3 Å². The van der Waals surface area contributed by atoms with E-state index in [1.54, 1.807) is 18.2 Å². The molecule has 0 saturated carbocycles. The van der Waals surface area contributed by atoms with Crippen LogP contribution in [0.15, 0.2) is 18.2 Å². The van der Waals surface area contributed by atoms with E-state index in [2.05, 4.69) is 15.5 Å². The van der Waals surface area contributed by atoms with Gasteiger partial charge in [0.25, 0.3) is 0 Å². The number of para-hydroxylation sites is 1. The van der Waals surface area contributed by atoms with Crippen LogP contribution in [0, 0.1) is 0 Å². The molecular weight excluding hydrogens is 321 g/mol. The van der Waals surface area contributed by atoms with Crippen LogP contribution in [0.3, 0.4) is 0 Å². The van der Waals surface area contributed by atoms with Gasteiger partial charge in [-0.05, 0) is 25.6 Å². The Bertz CT molecular complexity index is 450. The summed E-state index contributed by atoms with van der Waals surface area (Å²) in [6.45, 7) is 2.18. The lowest BCUT2D eigenvalue weighted by Gasteiger charge is -2.16. The molecule has 0 radical (unpaired) electrons. The Morgan fingerprint density at radius 3 is 2.60 bits per heavy atom. The number of halogens is 3. The van der Waals surface area contributed by atoms with E-state index in [9.17, 15) is 4.79 Å². The number of nitrogens with one attached hydrogen (secondary N) is 2. The average Bonchev–Trinajstić information content (AvgIpc) is 2.81. The van der Waals surface area contributed by atoms with E-state index >= 15 is 0 Å². The molecule has 1 amide bonds. The fraction of sp³-hybridized carbons (Fsp3) is 0.462. The standard InChI is InChI=1S/C13H17Cl2N3O.ClH/c1-16-9-5-6-18(7-9)8-12(19)17-13-10(14)3-2-4-11(13)15;/h2-4,9,16H,5-8H2,1H3,(H,17,19);1H. The third-order valence-corrected chi connectivity index (χ3v) is 3.90. The summed E-state index contributed by atoms with van der Waals surface area (Å²) >= 11 is 12.0. The maximum atomic E-state index is 12.0. The molecule has 1 unspecified atom stereocenters. The zero-order chi connectivity index (χ0) is 13.8. The van der Waals surface area contributed by atoms with Gasteiger partial charge in [0.2, 0.25) is 5.91 Å². The Labute approximate surface area is 135 Å². The Balaban J connectivity index is 0.00000200. The third-order valence-electron chi connectivity index (χ3n) is 3.28. The van der Waals surface area contributed by atoms with Gasteiger partial charge in [-0.25, -0.2) is 0 Å². The molecule has 2 N–H and O–H groups in total. The normalized spacial score (nSPS) is 18.6. The van der Waals surface area contributed by atoms with Crippen LogP contribution in [0.25, 0.3) is 0 Å². The van der Waals surface area contributed by atoms with Gasteiger partial charge in [0.05, 0.1) is 22.3 Å². The van der Waals surface area contributed by atoms with Gasteiger partial charge in [0.1, 0.15) is 0 Å². The van der Waals surface area contributed by atoms with Crippen molar-refractivity contribution in [2.75, 3.05) is 32.0 Å². The first-order valence-electron chi connectivity index (χ1n) is 6.23. The molecule has 1 saturated heterocycles. The topological polar surface area (TPSA) is 44.4 Å². The molecule has 1 aliphatic rings. The van der Waals surface area contributed by atoms with Gasteiger partial charge < -0.3 is 10.6 Å². The first-order chi connectivity index (χ1) is 9.10. The number of likely N-dealkylation sites (tertiary alicyclic amines) is 1. The van der Waals surface area contributed by atoms with E-state index in [4.69, 9.17) is 23.2 Å². The summed E-state index contributed by atoms with van der Waals surface area (Å²) in [7, 11) is 1.94. The molecule has 112 valence electrons. The number of likely N-dealkylation sites (N-methyl/N-ethyl adjacent to an activating group) is 1. The summed E-state index contributed by atoms with van der Waals surface area (Å²) in [4.78, 5) is 14.1. The predicted octanol–water partition coefficient (Wildman–Crippen LogP) is 2.65. The Hall–Kier alpha value is -0.520. The van der Waals surface area contributed by atoms with Crippen molar-refractivity contribution in [1.82, 2.24) is 10.2 Å². The smallest absolute Gasteiger partial charge is 0.238 e.